The van der Waals surface area contributed by atoms with Crippen LogP contribution < -0.4 is 4.74 Å². The summed E-state index contributed by atoms with van der Waals surface area (Å²) < 4.78 is 6.06. The van der Waals surface area contributed by atoms with Crippen LogP contribution in [-0.2, 0) is 4.79 Å². The van der Waals surface area contributed by atoms with Crippen molar-refractivity contribution in [3.05, 3.63) is 54.9 Å². The molecule has 5 heteroatoms. The van der Waals surface area contributed by atoms with Crippen LogP contribution in [-0.4, -0.2) is 40.0 Å². The lowest BCUT2D eigenvalue weighted by Crippen LogP contribution is -2.42. The summed E-state index contributed by atoms with van der Waals surface area (Å²) in [5, 5.41) is 1.12. The van der Waals surface area contributed by atoms with E-state index in [2.05, 4.69) is 22.1 Å². The van der Waals surface area contributed by atoms with E-state index in [-0.39, 0.29) is 6.10 Å². The van der Waals surface area contributed by atoms with Gasteiger partial charge >= 0.3 is 0 Å². The van der Waals surface area contributed by atoms with Gasteiger partial charge in [-0.25, -0.2) is 4.98 Å². The van der Waals surface area contributed by atoms with Gasteiger partial charge in [0.2, 0.25) is 11.8 Å². The topological polar surface area (TPSA) is 55.3 Å². The highest BCUT2D eigenvalue weighted by molar-refractivity contribution is 5.83. The van der Waals surface area contributed by atoms with Gasteiger partial charge in [0.25, 0.3) is 0 Å². The van der Waals surface area contributed by atoms with E-state index >= 15 is 0 Å². The maximum Gasteiger partial charge on any atom is 0.225 e. The number of carbonyl (C=O) groups is 1. The number of hydrogen-bond acceptors (Lipinski definition) is 4. The minimum atomic E-state index is 0.129. The van der Waals surface area contributed by atoms with Gasteiger partial charge in [0, 0.05) is 66.8 Å². The number of nitrogens with zero attached hydrogens (tertiary/aromatic N) is 3. The van der Waals surface area contributed by atoms with Gasteiger partial charge in [0.1, 0.15) is 6.10 Å². The second kappa shape index (κ2) is 7.23. The summed E-state index contributed by atoms with van der Waals surface area (Å²) in [6.07, 6.45) is 7.73. The molecule has 0 spiro atoms. The highest BCUT2D eigenvalue weighted by atomic mass is 16.5. The average molecular weight is 373 g/mol. The zero-order chi connectivity index (χ0) is 18.9. The highest BCUT2D eigenvalue weighted by Gasteiger charge is 2.35. The number of aromatic nitrogens is 2. The predicted octanol–water partition coefficient (Wildman–Crippen LogP) is 4.08. The van der Waals surface area contributed by atoms with Crippen LogP contribution in [0.3, 0.4) is 0 Å². The van der Waals surface area contributed by atoms with E-state index < -0.39 is 0 Å². The first kappa shape index (κ1) is 17.2. The number of ether oxygens (including phenoxy) is 1. The quantitative estimate of drug-likeness (QED) is 0.692. The van der Waals surface area contributed by atoms with Crippen LogP contribution in [0, 0.1) is 5.92 Å². The Bertz CT molecular complexity index is 990. The third kappa shape index (κ3) is 3.57. The smallest absolute Gasteiger partial charge is 0.225 e. The van der Waals surface area contributed by atoms with Gasteiger partial charge in [0.05, 0.1) is 5.52 Å². The van der Waals surface area contributed by atoms with E-state index in [1.807, 2.05) is 47.6 Å². The molecule has 3 heterocycles. The van der Waals surface area contributed by atoms with Crippen molar-refractivity contribution in [2.75, 3.05) is 13.1 Å². The van der Waals surface area contributed by atoms with Gasteiger partial charge in [-0.3, -0.25) is 9.78 Å². The van der Waals surface area contributed by atoms with Crippen molar-refractivity contribution in [3.8, 4) is 17.0 Å². The summed E-state index contributed by atoms with van der Waals surface area (Å²) in [5.74, 6) is 1.28. The fourth-order valence-electron chi connectivity index (χ4n) is 3.80. The number of amides is 1. The Morgan fingerprint density at radius 3 is 2.46 bits per heavy atom. The Morgan fingerprint density at radius 1 is 0.929 bits per heavy atom. The van der Waals surface area contributed by atoms with Crippen molar-refractivity contribution in [1.82, 2.24) is 14.9 Å². The van der Waals surface area contributed by atoms with Gasteiger partial charge in [-0.2, -0.15) is 0 Å². The molecule has 1 saturated carbocycles. The third-order valence-electron chi connectivity index (χ3n) is 5.63. The summed E-state index contributed by atoms with van der Waals surface area (Å²) in [4.78, 5) is 23.2. The van der Waals surface area contributed by atoms with Gasteiger partial charge in [-0.15, -0.1) is 0 Å². The van der Waals surface area contributed by atoms with Gasteiger partial charge in [-0.1, -0.05) is 18.2 Å². The Balaban J connectivity index is 1.22. The normalized spacial score (nSPS) is 17.6. The summed E-state index contributed by atoms with van der Waals surface area (Å²) >= 11 is 0. The van der Waals surface area contributed by atoms with E-state index in [4.69, 9.17) is 4.74 Å². The Morgan fingerprint density at radius 2 is 1.71 bits per heavy atom. The molecule has 3 aromatic rings. The van der Waals surface area contributed by atoms with E-state index in [1.54, 1.807) is 0 Å². The Hall–Kier alpha value is -2.95. The third-order valence-corrected chi connectivity index (χ3v) is 5.63. The van der Waals surface area contributed by atoms with Crippen LogP contribution in [0.25, 0.3) is 22.0 Å². The Kier molecular flexibility index (Phi) is 4.43. The number of benzene rings is 1. The molecule has 1 aliphatic carbocycles. The van der Waals surface area contributed by atoms with Crippen LogP contribution in [0.5, 0.6) is 5.88 Å². The maximum atomic E-state index is 12.1. The number of pyridine rings is 2. The number of rotatable bonds is 4. The van der Waals surface area contributed by atoms with Crippen molar-refractivity contribution in [3.63, 3.8) is 0 Å². The molecule has 2 aromatic heterocycles. The Labute approximate surface area is 164 Å². The fraction of sp³-hybridized carbons (Fsp3) is 0.348. The molecule has 1 amide bonds. The summed E-state index contributed by atoms with van der Waals surface area (Å²) in [6, 6.07) is 14.2. The first-order valence-electron chi connectivity index (χ1n) is 10.0. The molecule has 2 fully saturated rings. The van der Waals surface area contributed by atoms with Gasteiger partial charge in [0.15, 0.2) is 0 Å². The van der Waals surface area contributed by atoms with Crippen molar-refractivity contribution in [2.24, 2.45) is 5.92 Å². The lowest BCUT2D eigenvalue weighted by atomic mass is 10.1. The van der Waals surface area contributed by atoms with Crippen molar-refractivity contribution in [2.45, 2.75) is 31.8 Å². The molecule has 142 valence electrons. The molecule has 0 radical (unpaired) electrons. The molecule has 1 aromatic carbocycles. The van der Waals surface area contributed by atoms with Crippen LogP contribution in [0.15, 0.2) is 54.9 Å². The minimum Gasteiger partial charge on any atom is -0.474 e. The van der Waals surface area contributed by atoms with Crippen molar-refractivity contribution < 1.29 is 9.53 Å². The fourth-order valence-corrected chi connectivity index (χ4v) is 3.80. The standard InChI is InChI=1S/C23H23N3O2/c27-23(16-5-6-16)26-11-9-20(10-12-26)28-22-8-7-18(14-25-22)19-13-17-3-1-2-4-21(17)24-15-19/h1-4,7-8,13-16,20H,5-6,9-12H2. The molecule has 1 saturated heterocycles. The van der Waals surface area contributed by atoms with Gasteiger partial charge in [-0.05, 0) is 31.0 Å². The van der Waals surface area contributed by atoms with Crippen molar-refractivity contribution >= 4 is 16.8 Å². The molecule has 0 unspecified atom stereocenters. The second-order valence-corrected chi connectivity index (χ2v) is 7.72. The lowest BCUT2D eigenvalue weighted by molar-refractivity contribution is -0.134. The maximum absolute atomic E-state index is 12.1. The van der Waals surface area contributed by atoms with Crippen LogP contribution in [0.4, 0.5) is 0 Å². The van der Waals surface area contributed by atoms with Crippen molar-refractivity contribution in [1.29, 1.82) is 0 Å². The molecule has 5 nitrogen and oxygen atoms in total. The lowest BCUT2D eigenvalue weighted by Gasteiger charge is -2.32. The monoisotopic (exact) mass is 373 g/mol. The van der Waals surface area contributed by atoms with E-state index in [0.717, 1.165) is 60.8 Å². The number of piperidine rings is 1. The van der Waals surface area contributed by atoms with Gasteiger partial charge < -0.3 is 9.64 Å². The molecule has 28 heavy (non-hydrogen) atoms. The first-order chi connectivity index (χ1) is 13.8. The molecule has 0 atom stereocenters. The largest absolute Gasteiger partial charge is 0.474 e. The molecule has 0 N–H and O–H groups in total. The predicted molar refractivity (Wildman–Crippen MR) is 108 cm³/mol. The highest BCUT2D eigenvalue weighted by Crippen LogP contribution is 2.32. The van der Waals surface area contributed by atoms with Crippen LogP contribution >= 0.6 is 0 Å². The first-order valence-corrected chi connectivity index (χ1v) is 10.0. The minimum absolute atomic E-state index is 0.129. The number of para-hydroxylation sites is 1. The molecule has 1 aliphatic heterocycles. The van der Waals surface area contributed by atoms with E-state index in [9.17, 15) is 4.79 Å². The van der Waals surface area contributed by atoms with Crippen LogP contribution in [0.1, 0.15) is 25.7 Å². The van der Waals surface area contributed by atoms with E-state index in [0.29, 0.717) is 17.7 Å². The molecular weight excluding hydrogens is 350 g/mol. The summed E-state index contributed by atoms with van der Waals surface area (Å²) in [7, 11) is 0. The average Bonchev–Trinajstić information content (AvgIpc) is 3.59. The number of carbonyl (C=O) groups excluding carboxylic acids is 1. The molecule has 2 aliphatic rings. The number of hydrogen-bond donors (Lipinski definition) is 0. The number of fused-ring (bicyclic) bond motifs is 1. The zero-order valence-electron chi connectivity index (χ0n) is 15.8. The SMILES string of the molecule is O=C(C1CC1)N1CCC(Oc2ccc(-c3cnc4ccccc4c3)cn2)CC1. The summed E-state index contributed by atoms with van der Waals surface area (Å²) in [5.41, 5.74) is 3.06. The molecular formula is C23H23N3O2. The summed E-state index contributed by atoms with van der Waals surface area (Å²) in [6.45, 7) is 1.59. The number of likely N-dealkylation sites (tertiary alicyclic amines) is 1. The molecule has 0 bridgehead atoms. The van der Waals surface area contributed by atoms with Crippen LogP contribution in [0.2, 0.25) is 0 Å². The zero-order valence-corrected chi connectivity index (χ0v) is 15.8. The molecule has 5 rings (SSSR count). The van der Waals surface area contributed by atoms with E-state index in [1.165, 1.54) is 0 Å². The second-order valence-electron chi connectivity index (χ2n) is 7.72.